The minimum absolute atomic E-state index is 1.13. The molecule has 0 aliphatic carbocycles. The molecule has 0 heterocycles. The largest absolute Gasteiger partial charge is 0.306 e. The first kappa shape index (κ1) is 15.2. The molecular weight excluding hydrogens is 194 g/mol. The van der Waals surface area contributed by atoms with E-state index in [-0.39, 0.29) is 0 Å². The molecule has 0 atom stereocenters. The zero-order valence-electron chi connectivity index (χ0n) is 11.4. The van der Waals surface area contributed by atoms with E-state index in [1.165, 1.54) is 30.5 Å². The lowest BCUT2D eigenvalue weighted by molar-refractivity contribution is 0.334. The molecule has 0 amide bonds. The molecule has 0 aromatic heterocycles. The lowest BCUT2D eigenvalue weighted by Gasteiger charge is -2.14. The van der Waals surface area contributed by atoms with Crippen LogP contribution in [-0.4, -0.2) is 25.0 Å². The summed E-state index contributed by atoms with van der Waals surface area (Å²) in [6.07, 6.45) is 10.1. The Morgan fingerprint density at radius 1 is 1.19 bits per heavy atom. The van der Waals surface area contributed by atoms with Gasteiger partial charge in [-0.25, -0.2) is 0 Å². The van der Waals surface area contributed by atoms with Crippen molar-refractivity contribution in [1.29, 1.82) is 0 Å². The van der Waals surface area contributed by atoms with E-state index in [2.05, 4.69) is 51.4 Å². The minimum atomic E-state index is 1.13. The Balaban J connectivity index is 3.81. The second-order valence-corrected chi connectivity index (χ2v) is 4.42. The fourth-order valence-electron chi connectivity index (χ4n) is 1.39. The summed E-state index contributed by atoms with van der Waals surface area (Å²) in [5, 5.41) is 0. The summed E-state index contributed by atoms with van der Waals surface area (Å²) in [5.41, 5.74) is 2.57. The molecule has 0 rings (SSSR count). The number of rotatable bonds is 8. The molecule has 0 fully saturated rings. The average Bonchev–Trinajstić information content (AvgIpc) is 2.30. The van der Waals surface area contributed by atoms with Crippen molar-refractivity contribution in [2.45, 2.75) is 40.0 Å². The Labute approximate surface area is 102 Å². The lowest BCUT2D eigenvalue weighted by Crippen LogP contribution is -2.20. The smallest absolute Gasteiger partial charge is 0.00130 e. The number of allylic oxidation sites excluding steroid dienone is 4. The summed E-state index contributed by atoms with van der Waals surface area (Å²) in [4.78, 5) is 2.40. The molecular formula is C15H27N. The van der Waals surface area contributed by atoms with Crippen LogP contribution >= 0.6 is 0 Å². The third kappa shape index (κ3) is 7.47. The van der Waals surface area contributed by atoms with Crippen LogP contribution in [0.4, 0.5) is 0 Å². The van der Waals surface area contributed by atoms with Gasteiger partial charge >= 0.3 is 0 Å². The molecule has 0 unspecified atom stereocenters. The molecule has 0 aliphatic heterocycles. The van der Waals surface area contributed by atoms with Crippen LogP contribution in [0.3, 0.4) is 0 Å². The van der Waals surface area contributed by atoms with Crippen molar-refractivity contribution in [3.05, 3.63) is 36.0 Å². The average molecular weight is 221 g/mol. The van der Waals surface area contributed by atoms with Gasteiger partial charge in [-0.1, -0.05) is 38.2 Å². The summed E-state index contributed by atoms with van der Waals surface area (Å²) < 4.78 is 0. The molecule has 0 N–H and O–H groups in total. The van der Waals surface area contributed by atoms with Crippen molar-refractivity contribution in [3.8, 4) is 0 Å². The second-order valence-electron chi connectivity index (χ2n) is 4.42. The highest BCUT2D eigenvalue weighted by molar-refractivity contribution is 5.28. The molecule has 0 radical (unpaired) electrons. The molecule has 0 saturated heterocycles. The maximum absolute atomic E-state index is 3.77. The maximum atomic E-state index is 3.77. The summed E-state index contributed by atoms with van der Waals surface area (Å²) >= 11 is 0. The van der Waals surface area contributed by atoms with Gasteiger partial charge in [0.25, 0.3) is 0 Å². The third-order valence-corrected chi connectivity index (χ3v) is 2.87. The first-order chi connectivity index (χ1) is 7.61. The topological polar surface area (TPSA) is 3.24 Å². The standard InChI is InChI=1S/C15H27N/c1-6-8-12-16(5)13-10-9-11-15(4)14(3)7-2/h7,9,11H,2,6,8,10,12-13H2,1,3-5H3/b11-9-,15-14-. The molecule has 16 heavy (non-hydrogen) atoms. The maximum Gasteiger partial charge on any atom is 0.00130 e. The van der Waals surface area contributed by atoms with Crippen molar-refractivity contribution >= 4 is 0 Å². The number of unbranched alkanes of at least 4 members (excludes halogenated alkanes) is 1. The van der Waals surface area contributed by atoms with Crippen LogP contribution in [0, 0.1) is 0 Å². The van der Waals surface area contributed by atoms with Crippen LogP contribution in [0.25, 0.3) is 0 Å². The minimum Gasteiger partial charge on any atom is -0.306 e. The number of hydrogen-bond donors (Lipinski definition) is 0. The van der Waals surface area contributed by atoms with E-state index in [0.717, 1.165) is 13.0 Å². The third-order valence-electron chi connectivity index (χ3n) is 2.87. The predicted molar refractivity (Wildman–Crippen MR) is 74.7 cm³/mol. The Morgan fingerprint density at radius 3 is 2.44 bits per heavy atom. The molecule has 0 spiro atoms. The Hall–Kier alpha value is -0.820. The van der Waals surface area contributed by atoms with Gasteiger partial charge in [0.05, 0.1) is 0 Å². The Morgan fingerprint density at radius 2 is 1.88 bits per heavy atom. The van der Waals surface area contributed by atoms with Crippen LogP contribution in [0.2, 0.25) is 0 Å². The fraction of sp³-hybridized carbons (Fsp3) is 0.600. The van der Waals surface area contributed by atoms with Gasteiger partial charge in [0.15, 0.2) is 0 Å². The quantitative estimate of drug-likeness (QED) is 0.556. The zero-order chi connectivity index (χ0) is 12.4. The van der Waals surface area contributed by atoms with Crippen molar-refractivity contribution in [2.75, 3.05) is 20.1 Å². The molecule has 0 saturated carbocycles. The molecule has 1 heteroatoms. The van der Waals surface area contributed by atoms with E-state index >= 15 is 0 Å². The highest BCUT2D eigenvalue weighted by atomic mass is 15.1. The van der Waals surface area contributed by atoms with Crippen LogP contribution in [0.15, 0.2) is 36.0 Å². The van der Waals surface area contributed by atoms with Gasteiger partial charge in [-0.05, 0) is 51.4 Å². The highest BCUT2D eigenvalue weighted by Gasteiger charge is 1.94. The molecule has 0 aromatic carbocycles. The van der Waals surface area contributed by atoms with Gasteiger partial charge in [0, 0.05) is 6.54 Å². The predicted octanol–water partition coefficient (Wildman–Crippen LogP) is 4.19. The van der Waals surface area contributed by atoms with Gasteiger partial charge in [-0.15, -0.1) is 0 Å². The Kier molecular flexibility index (Phi) is 8.93. The molecule has 0 bridgehead atoms. The van der Waals surface area contributed by atoms with E-state index < -0.39 is 0 Å². The SMILES string of the molecule is C=C/C(C)=C(C)\C=C/CCN(C)CCCC. The van der Waals surface area contributed by atoms with Crippen molar-refractivity contribution in [1.82, 2.24) is 4.90 Å². The summed E-state index contributed by atoms with van der Waals surface area (Å²) in [6, 6.07) is 0. The van der Waals surface area contributed by atoms with E-state index in [9.17, 15) is 0 Å². The van der Waals surface area contributed by atoms with E-state index in [1.807, 2.05) is 6.08 Å². The van der Waals surface area contributed by atoms with Crippen LogP contribution in [-0.2, 0) is 0 Å². The van der Waals surface area contributed by atoms with Crippen molar-refractivity contribution < 1.29 is 0 Å². The van der Waals surface area contributed by atoms with Gasteiger partial charge < -0.3 is 4.90 Å². The lowest BCUT2D eigenvalue weighted by atomic mass is 10.1. The molecule has 0 aromatic rings. The zero-order valence-corrected chi connectivity index (χ0v) is 11.4. The van der Waals surface area contributed by atoms with Gasteiger partial charge in [-0.2, -0.15) is 0 Å². The summed E-state index contributed by atoms with van der Waals surface area (Å²) in [6.45, 7) is 12.6. The highest BCUT2D eigenvalue weighted by Crippen LogP contribution is 2.06. The van der Waals surface area contributed by atoms with Crippen molar-refractivity contribution in [2.24, 2.45) is 0 Å². The van der Waals surface area contributed by atoms with Crippen LogP contribution < -0.4 is 0 Å². The fourth-order valence-corrected chi connectivity index (χ4v) is 1.39. The first-order valence-corrected chi connectivity index (χ1v) is 6.26. The van der Waals surface area contributed by atoms with E-state index in [4.69, 9.17) is 0 Å². The normalized spacial score (nSPS) is 13.3. The van der Waals surface area contributed by atoms with Crippen LogP contribution in [0.5, 0.6) is 0 Å². The second kappa shape index (κ2) is 9.41. The van der Waals surface area contributed by atoms with E-state index in [0.29, 0.717) is 0 Å². The molecule has 92 valence electrons. The summed E-state index contributed by atoms with van der Waals surface area (Å²) in [7, 11) is 2.20. The van der Waals surface area contributed by atoms with Gasteiger partial charge in [-0.3, -0.25) is 0 Å². The van der Waals surface area contributed by atoms with Gasteiger partial charge in [0.1, 0.15) is 0 Å². The van der Waals surface area contributed by atoms with Gasteiger partial charge in [0.2, 0.25) is 0 Å². The first-order valence-electron chi connectivity index (χ1n) is 6.26. The monoisotopic (exact) mass is 221 g/mol. The number of hydrogen-bond acceptors (Lipinski definition) is 1. The Bertz CT molecular complexity index is 248. The number of nitrogens with zero attached hydrogens (tertiary/aromatic N) is 1. The molecule has 0 aliphatic rings. The van der Waals surface area contributed by atoms with E-state index in [1.54, 1.807) is 0 Å². The van der Waals surface area contributed by atoms with Crippen molar-refractivity contribution in [3.63, 3.8) is 0 Å². The van der Waals surface area contributed by atoms with Crippen LogP contribution in [0.1, 0.15) is 40.0 Å². The molecule has 1 nitrogen and oxygen atoms in total. The summed E-state index contributed by atoms with van der Waals surface area (Å²) in [5.74, 6) is 0.